The summed E-state index contributed by atoms with van der Waals surface area (Å²) >= 11 is 0. The van der Waals surface area contributed by atoms with Gasteiger partial charge in [0, 0.05) is 16.9 Å². The summed E-state index contributed by atoms with van der Waals surface area (Å²) in [6.07, 6.45) is 0.833. The summed E-state index contributed by atoms with van der Waals surface area (Å²) in [6.45, 7) is 0. The first kappa shape index (κ1) is 14.5. The van der Waals surface area contributed by atoms with Crippen LogP contribution in [0.5, 0.6) is 0 Å². The fourth-order valence-electron chi connectivity index (χ4n) is 1.74. The number of para-hydroxylation sites is 2. The lowest BCUT2D eigenvalue weighted by atomic mass is 10.2. The van der Waals surface area contributed by atoms with Gasteiger partial charge < -0.3 is 5.32 Å². The van der Waals surface area contributed by atoms with Gasteiger partial charge in [0.25, 0.3) is 0 Å². The molecule has 0 spiro atoms. The summed E-state index contributed by atoms with van der Waals surface area (Å²) in [5, 5.41) is 3.30. The van der Waals surface area contributed by atoms with Crippen LogP contribution >= 0.6 is 0 Å². The molecule has 1 N–H and O–H groups in total. The van der Waals surface area contributed by atoms with Crippen molar-refractivity contribution >= 4 is 17.7 Å². The molecule has 3 aromatic carbocycles. The molecule has 2 heteroatoms. The molecule has 0 heterocycles. The zero-order valence-electron chi connectivity index (χ0n) is 11.6. The summed E-state index contributed by atoms with van der Waals surface area (Å²) in [5.74, 6) is 0. The summed E-state index contributed by atoms with van der Waals surface area (Å²) in [4.78, 5) is 10.0. The summed E-state index contributed by atoms with van der Waals surface area (Å²) < 4.78 is 0. The predicted molar refractivity (Wildman–Crippen MR) is 88.0 cm³/mol. The summed E-state index contributed by atoms with van der Waals surface area (Å²) in [7, 11) is 0. The SMILES string of the molecule is O=Cc1ccccc1.c1ccc(Nc2ccccc2)cc1. The Kier molecular flexibility index (Phi) is 5.77. The number of carbonyl (C=O) groups is 1. The number of carbonyl (C=O) groups excluding carboxylic acids is 1. The molecule has 0 aromatic heterocycles. The van der Waals surface area contributed by atoms with E-state index in [2.05, 4.69) is 5.32 Å². The van der Waals surface area contributed by atoms with E-state index in [9.17, 15) is 4.79 Å². The van der Waals surface area contributed by atoms with Crippen LogP contribution in [0.3, 0.4) is 0 Å². The zero-order chi connectivity index (χ0) is 14.8. The molecule has 104 valence electrons. The molecule has 0 unspecified atom stereocenters. The first-order valence-corrected chi connectivity index (χ1v) is 6.76. The lowest BCUT2D eigenvalue weighted by molar-refractivity contribution is 0.112. The Hall–Kier alpha value is -2.87. The zero-order valence-corrected chi connectivity index (χ0v) is 11.6. The molecule has 0 aliphatic rings. The third-order valence-corrected chi connectivity index (χ3v) is 2.77. The number of benzene rings is 3. The van der Waals surface area contributed by atoms with E-state index in [-0.39, 0.29) is 0 Å². The molecule has 0 fully saturated rings. The van der Waals surface area contributed by atoms with Gasteiger partial charge in [-0.15, -0.1) is 0 Å². The van der Waals surface area contributed by atoms with Gasteiger partial charge >= 0.3 is 0 Å². The van der Waals surface area contributed by atoms with Gasteiger partial charge in [-0.2, -0.15) is 0 Å². The molecule has 0 saturated carbocycles. The first-order chi connectivity index (χ1) is 10.4. The fourth-order valence-corrected chi connectivity index (χ4v) is 1.74. The molecule has 0 atom stereocenters. The van der Waals surface area contributed by atoms with Gasteiger partial charge in [0.2, 0.25) is 0 Å². The van der Waals surface area contributed by atoms with Crippen LogP contribution in [-0.2, 0) is 0 Å². The number of rotatable bonds is 3. The monoisotopic (exact) mass is 275 g/mol. The highest BCUT2D eigenvalue weighted by Gasteiger charge is 1.89. The molecule has 2 nitrogen and oxygen atoms in total. The van der Waals surface area contributed by atoms with Gasteiger partial charge in [-0.25, -0.2) is 0 Å². The van der Waals surface area contributed by atoms with Crippen LogP contribution in [0.1, 0.15) is 10.4 Å². The van der Waals surface area contributed by atoms with Crippen LogP contribution in [-0.4, -0.2) is 6.29 Å². The van der Waals surface area contributed by atoms with Gasteiger partial charge in [-0.1, -0.05) is 66.7 Å². The van der Waals surface area contributed by atoms with Gasteiger partial charge in [-0.3, -0.25) is 4.79 Å². The number of hydrogen-bond acceptors (Lipinski definition) is 2. The van der Waals surface area contributed by atoms with Crippen molar-refractivity contribution in [2.75, 3.05) is 5.32 Å². The Balaban J connectivity index is 0.000000173. The number of nitrogens with one attached hydrogen (secondary N) is 1. The quantitative estimate of drug-likeness (QED) is 0.687. The summed E-state index contributed by atoms with van der Waals surface area (Å²) in [6, 6.07) is 29.4. The molecule has 0 amide bonds. The van der Waals surface area contributed by atoms with E-state index in [0.717, 1.165) is 23.2 Å². The van der Waals surface area contributed by atoms with E-state index < -0.39 is 0 Å². The largest absolute Gasteiger partial charge is 0.356 e. The van der Waals surface area contributed by atoms with Crippen LogP contribution in [0.25, 0.3) is 0 Å². The highest BCUT2D eigenvalue weighted by molar-refractivity contribution is 5.74. The maximum Gasteiger partial charge on any atom is 0.150 e. The minimum atomic E-state index is 0.729. The molecule has 0 aliphatic carbocycles. The van der Waals surface area contributed by atoms with Gasteiger partial charge in [-0.05, 0) is 24.3 Å². The highest BCUT2D eigenvalue weighted by atomic mass is 16.1. The summed E-state index contributed by atoms with van der Waals surface area (Å²) in [5.41, 5.74) is 2.97. The Labute approximate surface area is 125 Å². The van der Waals surface area contributed by atoms with E-state index in [0.29, 0.717) is 0 Å². The van der Waals surface area contributed by atoms with Crippen LogP contribution in [0, 0.1) is 0 Å². The molecule has 3 rings (SSSR count). The normalized spacial score (nSPS) is 9.14. The molecule has 0 aliphatic heterocycles. The molecule has 0 radical (unpaired) electrons. The topological polar surface area (TPSA) is 29.1 Å². The van der Waals surface area contributed by atoms with E-state index >= 15 is 0 Å². The number of anilines is 2. The minimum absolute atomic E-state index is 0.729. The van der Waals surface area contributed by atoms with Crippen molar-refractivity contribution in [2.45, 2.75) is 0 Å². The minimum Gasteiger partial charge on any atom is -0.356 e. The molecule has 21 heavy (non-hydrogen) atoms. The van der Waals surface area contributed by atoms with Crippen LogP contribution in [0.2, 0.25) is 0 Å². The number of hydrogen-bond donors (Lipinski definition) is 1. The van der Waals surface area contributed by atoms with Crippen LogP contribution in [0.15, 0.2) is 91.0 Å². The van der Waals surface area contributed by atoms with Gasteiger partial charge in [0.05, 0.1) is 0 Å². The van der Waals surface area contributed by atoms with Crippen LogP contribution < -0.4 is 5.32 Å². The molecule has 0 bridgehead atoms. The van der Waals surface area contributed by atoms with E-state index in [1.54, 1.807) is 12.1 Å². The Bertz CT molecular complexity index is 599. The van der Waals surface area contributed by atoms with Crippen molar-refractivity contribution in [1.82, 2.24) is 0 Å². The average molecular weight is 275 g/mol. The predicted octanol–water partition coefficient (Wildman–Crippen LogP) is 4.93. The standard InChI is InChI=1S/C12H11N.C7H6O/c1-3-7-11(8-4-1)13-12-9-5-2-6-10-12;8-6-7-4-2-1-3-5-7/h1-10,13H;1-6H. The van der Waals surface area contributed by atoms with Crippen molar-refractivity contribution in [2.24, 2.45) is 0 Å². The maximum absolute atomic E-state index is 10.0. The van der Waals surface area contributed by atoms with Crippen LogP contribution in [0.4, 0.5) is 11.4 Å². The van der Waals surface area contributed by atoms with Crippen molar-refractivity contribution in [3.05, 3.63) is 96.6 Å². The molecular formula is C19H17NO. The van der Waals surface area contributed by atoms with Crippen molar-refractivity contribution in [3.8, 4) is 0 Å². The third-order valence-electron chi connectivity index (χ3n) is 2.77. The second-order valence-corrected chi connectivity index (χ2v) is 4.39. The molecule has 3 aromatic rings. The Morgan fingerprint density at radius 3 is 1.29 bits per heavy atom. The molecular weight excluding hydrogens is 258 g/mol. The third kappa shape index (κ3) is 5.33. The maximum atomic E-state index is 10.0. The Morgan fingerprint density at radius 1 is 0.571 bits per heavy atom. The Morgan fingerprint density at radius 2 is 0.952 bits per heavy atom. The lowest BCUT2D eigenvalue weighted by Crippen LogP contribution is -1.87. The van der Waals surface area contributed by atoms with E-state index in [4.69, 9.17) is 0 Å². The van der Waals surface area contributed by atoms with Gasteiger partial charge in [0.1, 0.15) is 6.29 Å². The van der Waals surface area contributed by atoms with Crippen molar-refractivity contribution in [3.63, 3.8) is 0 Å². The van der Waals surface area contributed by atoms with E-state index in [1.165, 1.54) is 0 Å². The second-order valence-electron chi connectivity index (χ2n) is 4.39. The smallest absolute Gasteiger partial charge is 0.150 e. The van der Waals surface area contributed by atoms with E-state index in [1.807, 2.05) is 78.9 Å². The number of aldehydes is 1. The highest BCUT2D eigenvalue weighted by Crippen LogP contribution is 2.14. The lowest BCUT2D eigenvalue weighted by Gasteiger charge is -2.04. The fraction of sp³-hybridized carbons (Fsp3) is 0. The van der Waals surface area contributed by atoms with Gasteiger partial charge in [0.15, 0.2) is 0 Å². The average Bonchev–Trinajstić information content (AvgIpc) is 2.58. The van der Waals surface area contributed by atoms with Crippen molar-refractivity contribution < 1.29 is 4.79 Å². The molecule has 0 saturated heterocycles. The first-order valence-electron chi connectivity index (χ1n) is 6.76. The second kappa shape index (κ2) is 8.33. The van der Waals surface area contributed by atoms with Crippen molar-refractivity contribution in [1.29, 1.82) is 0 Å².